The molecule has 2 aromatic rings. The number of amides is 2. The van der Waals surface area contributed by atoms with Crippen molar-refractivity contribution in [1.29, 1.82) is 0 Å². The average molecular weight is 344 g/mol. The molecule has 7 heteroatoms. The van der Waals surface area contributed by atoms with Gasteiger partial charge in [0, 0.05) is 25.8 Å². The molecule has 1 aliphatic heterocycles. The van der Waals surface area contributed by atoms with E-state index in [0.717, 1.165) is 25.1 Å². The number of carbonyl (C=O) groups excluding carboxylic acids is 2. The highest BCUT2D eigenvalue weighted by atomic mass is 32.1. The average Bonchev–Trinajstić information content (AvgIpc) is 3.15. The van der Waals surface area contributed by atoms with Gasteiger partial charge < -0.3 is 10.2 Å². The van der Waals surface area contributed by atoms with E-state index in [4.69, 9.17) is 0 Å². The van der Waals surface area contributed by atoms with Gasteiger partial charge >= 0.3 is 0 Å². The Morgan fingerprint density at radius 3 is 2.96 bits per heavy atom. The summed E-state index contributed by atoms with van der Waals surface area (Å²) >= 11 is 1.43. The first kappa shape index (κ1) is 16.6. The second kappa shape index (κ2) is 7.53. The van der Waals surface area contributed by atoms with E-state index in [-0.39, 0.29) is 17.7 Å². The van der Waals surface area contributed by atoms with Gasteiger partial charge in [-0.1, -0.05) is 6.07 Å². The van der Waals surface area contributed by atoms with Gasteiger partial charge in [0.05, 0.1) is 16.8 Å². The van der Waals surface area contributed by atoms with Crippen LogP contribution < -0.4 is 5.32 Å². The molecule has 0 spiro atoms. The molecule has 126 valence electrons. The quantitative estimate of drug-likeness (QED) is 0.922. The Labute approximate surface area is 144 Å². The molecule has 0 unspecified atom stereocenters. The van der Waals surface area contributed by atoms with Crippen LogP contribution in [-0.2, 0) is 0 Å². The number of rotatable bonds is 4. The third-order valence-corrected chi connectivity index (χ3v) is 4.97. The summed E-state index contributed by atoms with van der Waals surface area (Å²) in [4.78, 5) is 35.4. The first-order chi connectivity index (χ1) is 11.6. The van der Waals surface area contributed by atoms with Crippen molar-refractivity contribution >= 4 is 23.2 Å². The van der Waals surface area contributed by atoms with Crippen molar-refractivity contribution in [3.05, 3.63) is 46.2 Å². The highest BCUT2D eigenvalue weighted by molar-refractivity contribution is 7.12. The van der Waals surface area contributed by atoms with E-state index >= 15 is 0 Å². The van der Waals surface area contributed by atoms with Crippen LogP contribution in [0.5, 0.6) is 0 Å². The maximum atomic E-state index is 12.5. The van der Waals surface area contributed by atoms with Crippen molar-refractivity contribution in [2.45, 2.75) is 19.8 Å². The van der Waals surface area contributed by atoms with Gasteiger partial charge in [0.15, 0.2) is 0 Å². The number of hydrogen-bond acceptors (Lipinski definition) is 5. The van der Waals surface area contributed by atoms with Crippen molar-refractivity contribution in [2.24, 2.45) is 5.92 Å². The van der Waals surface area contributed by atoms with E-state index in [1.807, 2.05) is 29.3 Å². The topological polar surface area (TPSA) is 75.2 Å². The fraction of sp³-hybridized carbons (Fsp3) is 0.412. The molecular weight excluding hydrogens is 324 g/mol. The van der Waals surface area contributed by atoms with Crippen LogP contribution in [0.3, 0.4) is 0 Å². The van der Waals surface area contributed by atoms with E-state index in [2.05, 4.69) is 15.3 Å². The number of likely N-dealkylation sites (tertiary alicyclic amines) is 1. The lowest BCUT2D eigenvalue weighted by Crippen LogP contribution is -2.43. The van der Waals surface area contributed by atoms with Gasteiger partial charge in [-0.3, -0.25) is 14.6 Å². The lowest BCUT2D eigenvalue weighted by Gasteiger charge is -2.32. The van der Waals surface area contributed by atoms with Crippen molar-refractivity contribution in [3.63, 3.8) is 0 Å². The number of carbonyl (C=O) groups is 2. The molecule has 0 saturated carbocycles. The minimum atomic E-state index is -0.0863. The minimum Gasteiger partial charge on any atom is -0.351 e. The van der Waals surface area contributed by atoms with E-state index in [1.165, 1.54) is 17.5 Å². The number of hydrogen-bond donors (Lipinski definition) is 1. The summed E-state index contributed by atoms with van der Waals surface area (Å²) in [5, 5.41) is 4.85. The van der Waals surface area contributed by atoms with E-state index in [1.54, 1.807) is 6.20 Å². The number of nitrogens with one attached hydrogen (secondary N) is 1. The Bertz CT molecular complexity index is 700. The summed E-state index contributed by atoms with van der Waals surface area (Å²) < 4.78 is 0. The summed E-state index contributed by atoms with van der Waals surface area (Å²) in [6, 6.07) is 3.68. The van der Waals surface area contributed by atoms with Crippen LogP contribution in [0.2, 0.25) is 0 Å². The van der Waals surface area contributed by atoms with Gasteiger partial charge in [0.1, 0.15) is 5.69 Å². The molecule has 0 aliphatic carbocycles. The lowest BCUT2D eigenvalue weighted by atomic mass is 9.97. The molecule has 6 nitrogen and oxygen atoms in total. The molecule has 1 aliphatic rings. The molecule has 1 atom stereocenters. The van der Waals surface area contributed by atoms with Crippen molar-refractivity contribution in [2.75, 3.05) is 19.6 Å². The first-order valence-corrected chi connectivity index (χ1v) is 8.91. The normalized spacial score (nSPS) is 17.5. The summed E-state index contributed by atoms with van der Waals surface area (Å²) in [6.45, 7) is 3.79. The van der Waals surface area contributed by atoms with Crippen molar-refractivity contribution in [1.82, 2.24) is 20.2 Å². The lowest BCUT2D eigenvalue weighted by molar-refractivity contribution is 0.0664. The van der Waals surface area contributed by atoms with Gasteiger partial charge in [0.2, 0.25) is 0 Å². The smallest absolute Gasteiger partial charge is 0.274 e. The number of aromatic nitrogens is 2. The SMILES string of the molecule is Cc1cnc(C(=O)N2CCC[C@@H](CNC(=O)c3cccs3)C2)cn1. The zero-order valence-electron chi connectivity index (χ0n) is 13.6. The molecular formula is C17H20N4O2S. The third kappa shape index (κ3) is 3.97. The maximum absolute atomic E-state index is 12.5. The van der Waals surface area contributed by atoms with E-state index < -0.39 is 0 Å². The predicted molar refractivity (Wildman–Crippen MR) is 92.0 cm³/mol. The molecule has 0 bridgehead atoms. The molecule has 3 heterocycles. The fourth-order valence-corrected chi connectivity index (χ4v) is 3.45. The molecule has 3 rings (SSSR count). The van der Waals surface area contributed by atoms with Gasteiger partial charge in [-0.05, 0) is 37.1 Å². The van der Waals surface area contributed by atoms with Gasteiger partial charge in [-0.25, -0.2) is 4.98 Å². The minimum absolute atomic E-state index is 0.0437. The number of aryl methyl sites for hydroxylation is 1. The van der Waals surface area contributed by atoms with Crippen LogP contribution in [0.4, 0.5) is 0 Å². The summed E-state index contributed by atoms with van der Waals surface area (Å²) in [5.41, 5.74) is 1.17. The standard InChI is InChI=1S/C17H20N4O2S/c1-12-8-19-14(10-18-12)17(23)21-6-2-4-13(11-21)9-20-16(22)15-5-3-7-24-15/h3,5,7-8,10,13H,2,4,6,9,11H2,1H3,(H,20,22)/t13-/m0/s1. The van der Waals surface area contributed by atoms with Gasteiger partial charge in [-0.2, -0.15) is 0 Å². The van der Waals surface area contributed by atoms with Crippen LogP contribution in [0.25, 0.3) is 0 Å². The molecule has 2 amide bonds. The highest BCUT2D eigenvalue weighted by Crippen LogP contribution is 2.18. The summed E-state index contributed by atoms with van der Waals surface area (Å²) in [7, 11) is 0. The molecule has 1 N–H and O–H groups in total. The van der Waals surface area contributed by atoms with E-state index in [9.17, 15) is 9.59 Å². The maximum Gasteiger partial charge on any atom is 0.274 e. The zero-order chi connectivity index (χ0) is 16.9. The van der Waals surface area contributed by atoms with Gasteiger partial charge in [0.25, 0.3) is 11.8 Å². The van der Waals surface area contributed by atoms with Crippen LogP contribution in [0.15, 0.2) is 29.9 Å². The van der Waals surface area contributed by atoms with Crippen LogP contribution in [0, 0.1) is 12.8 Å². The molecule has 0 aromatic carbocycles. The Morgan fingerprint density at radius 1 is 1.38 bits per heavy atom. The molecule has 0 radical (unpaired) electrons. The zero-order valence-corrected chi connectivity index (χ0v) is 14.4. The van der Waals surface area contributed by atoms with Crippen molar-refractivity contribution < 1.29 is 9.59 Å². The number of piperidine rings is 1. The Morgan fingerprint density at radius 2 is 2.25 bits per heavy atom. The molecule has 2 aromatic heterocycles. The Balaban J connectivity index is 1.55. The molecule has 1 saturated heterocycles. The summed E-state index contributed by atoms with van der Waals surface area (Å²) in [5.74, 6) is 0.139. The molecule has 24 heavy (non-hydrogen) atoms. The Hall–Kier alpha value is -2.28. The van der Waals surface area contributed by atoms with Gasteiger partial charge in [-0.15, -0.1) is 11.3 Å². The Kier molecular flexibility index (Phi) is 5.20. The largest absolute Gasteiger partial charge is 0.351 e. The summed E-state index contributed by atoms with van der Waals surface area (Å²) in [6.07, 6.45) is 5.08. The fourth-order valence-electron chi connectivity index (χ4n) is 2.81. The number of nitrogens with zero attached hydrogens (tertiary/aromatic N) is 3. The van der Waals surface area contributed by atoms with Crippen LogP contribution in [0.1, 0.15) is 38.7 Å². The van der Waals surface area contributed by atoms with Crippen LogP contribution >= 0.6 is 11.3 Å². The van der Waals surface area contributed by atoms with Crippen molar-refractivity contribution in [3.8, 4) is 0 Å². The predicted octanol–water partition coefficient (Wildman–Crippen LogP) is 2.13. The van der Waals surface area contributed by atoms with Crippen LogP contribution in [-0.4, -0.2) is 46.3 Å². The monoisotopic (exact) mass is 344 g/mol. The second-order valence-corrected chi connectivity index (χ2v) is 6.94. The first-order valence-electron chi connectivity index (χ1n) is 8.03. The third-order valence-electron chi connectivity index (χ3n) is 4.10. The number of thiophene rings is 1. The van der Waals surface area contributed by atoms with E-state index in [0.29, 0.717) is 23.7 Å². The molecule has 1 fully saturated rings. The highest BCUT2D eigenvalue weighted by Gasteiger charge is 2.25. The second-order valence-electron chi connectivity index (χ2n) is 5.99.